The van der Waals surface area contributed by atoms with E-state index in [1.165, 1.54) is 11.3 Å². The summed E-state index contributed by atoms with van der Waals surface area (Å²) in [5.41, 5.74) is 0.936. The highest BCUT2D eigenvalue weighted by Gasteiger charge is 2.13. The number of thioether (sulfide) groups is 1. The molecule has 0 aliphatic carbocycles. The number of amides is 1. The van der Waals surface area contributed by atoms with Gasteiger partial charge in [0.1, 0.15) is 5.75 Å². The van der Waals surface area contributed by atoms with E-state index in [-0.39, 0.29) is 5.91 Å². The highest BCUT2D eigenvalue weighted by atomic mass is 32.2. The van der Waals surface area contributed by atoms with Crippen molar-refractivity contribution in [1.82, 2.24) is 4.57 Å². The number of hydrogen-bond donors (Lipinski definition) is 0. The van der Waals surface area contributed by atoms with E-state index in [0.717, 1.165) is 33.0 Å². The molecular formula is C23H28N2O5S2. The number of hydrogen-bond acceptors (Lipinski definition) is 7. The Kier molecular flexibility index (Phi) is 9.01. The molecule has 0 saturated carbocycles. The molecule has 1 heterocycles. The fourth-order valence-corrected chi connectivity index (χ4v) is 5.07. The number of rotatable bonds is 11. The Morgan fingerprint density at radius 3 is 2.41 bits per heavy atom. The van der Waals surface area contributed by atoms with Crippen molar-refractivity contribution in [2.45, 2.75) is 24.3 Å². The first-order valence-corrected chi connectivity index (χ1v) is 12.0. The maximum Gasteiger partial charge on any atom is 0.248 e. The lowest BCUT2D eigenvalue weighted by molar-refractivity contribution is -0.118. The largest absolute Gasteiger partial charge is 0.497 e. The number of thiazole rings is 1. The molecule has 0 saturated heterocycles. The molecule has 0 aliphatic heterocycles. The molecule has 0 unspecified atom stereocenters. The fraction of sp³-hybridized carbons (Fsp3) is 0.391. The summed E-state index contributed by atoms with van der Waals surface area (Å²) >= 11 is 3.18. The molecule has 9 heteroatoms. The van der Waals surface area contributed by atoms with Gasteiger partial charge in [-0.1, -0.05) is 11.3 Å². The molecule has 0 fully saturated rings. The first-order chi connectivity index (χ1) is 15.6. The fourth-order valence-electron chi connectivity index (χ4n) is 3.13. The van der Waals surface area contributed by atoms with E-state index in [2.05, 4.69) is 4.99 Å². The Morgan fingerprint density at radius 2 is 1.75 bits per heavy atom. The molecule has 0 atom stereocenters. The van der Waals surface area contributed by atoms with Crippen molar-refractivity contribution in [3.05, 3.63) is 41.2 Å². The minimum atomic E-state index is -0.128. The van der Waals surface area contributed by atoms with E-state index >= 15 is 0 Å². The van der Waals surface area contributed by atoms with Crippen LogP contribution in [0.1, 0.15) is 12.8 Å². The van der Waals surface area contributed by atoms with Crippen LogP contribution < -0.4 is 19.0 Å². The lowest BCUT2D eigenvalue weighted by Gasteiger charge is -2.09. The van der Waals surface area contributed by atoms with Gasteiger partial charge < -0.3 is 23.5 Å². The van der Waals surface area contributed by atoms with Gasteiger partial charge in [-0.3, -0.25) is 4.79 Å². The third-order valence-corrected chi connectivity index (χ3v) is 6.93. The van der Waals surface area contributed by atoms with Crippen LogP contribution in [0.3, 0.4) is 0 Å². The first-order valence-electron chi connectivity index (χ1n) is 10.2. The van der Waals surface area contributed by atoms with Crippen LogP contribution in [-0.4, -0.2) is 51.3 Å². The SMILES string of the molecule is COCCn1c(=NC(=O)CCCSc2ccc(OC)cc2)sc2cc(OC)c(OC)cc21. The highest BCUT2D eigenvalue weighted by molar-refractivity contribution is 7.99. The highest BCUT2D eigenvalue weighted by Crippen LogP contribution is 2.33. The van der Waals surface area contributed by atoms with Crippen molar-refractivity contribution in [1.29, 1.82) is 0 Å². The van der Waals surface area contributed by atoms with Gasteiger partial charge in [0, 0.05) is 37.1 Å². The summed E-state index contributed by atoms with van der Waals surface area (Å²) in [7, 11) is 6.52. The molecule has 0 N–H and O–H groups in total. The molecular weight excluding hydrogens is 448 g/mol. The van der Waals surface area contributed by atoms with Gasteiger partial charge in [-0.05, 0) is 36.4 Å². The topological polar surface area (TPSA) is 71.3 Å². The Balaban J connectivity index is 1.72. The molecule has 1 amide bonds. The molecule has 2 aromatic carbocycles. The third-order valence-electron chi connectivity index (χ3n) is 4.79. The lowest BCUT2D eigenvalue weighted by atomic mass is 10.3. The molecule has 1 aromatic heterocycles. The average Bonchev–Trinajstić information content (AvgIpc) is 3.15. The summed E-state index contributed by atoms with van der Waals surface area (Å²) in [6.07, 6.45) is 1.15. The molecule has 32 heavy (non-hydrogen) atoms. The van der Waals surface area contributed by atoms with Gasteiger partial charge >= 0.3 is 0 Å². The first kappa shape index (κ1) is 24.2. The summed E-state index contributed by atoms with van der Waals surface area (Å²) in [6.45, 7) is 1.10. The second-order valence-corrected chi connectivity index (χ2v) is 9.01. The van der Waals surface area contributed by atoms with Crippen LogP contribution in [0.25, 0.3) is 10.2 Å². The molecule has 0 bridgehead atoms. The summed E-state index contributed by atoms with van der Waals surface area (Å²) in [5, 5.41) is 0. The Labute approximate surface area is 196 Å². The van der Waals surface area contributed by atoms with Crippen molar-refractivity contribution in [2.75, 3.05) is 40.8 Å². The number of benzene rings is 2. The Hall–Kier alpha value is -2.49. The standard InChI is InChI=1S/C23H28N2O5S2/c1-27-12-11-25-18-14-19(29-3)20(30-4)15-21(18)32-23(25)24-22(26)6-5-13-31-17-9-7-16(28-2)8-10-17/h7-10,14-15H,5-6,11-13H2,1-4H3. The second kappa shape index (κ2) is 11.9. The molecule has 3 rings (SSSR count). The number of nitrogens with zero attached hydrogens (tertiary/aromatic N) is 2. The van der Waals surface area contributed by atoms with Crippen LogP contribution in [0.4, 0.5) is 0 Å². The lowest BCUT2D eigenvalue weighted by Crippen LogP contribution is -2.19. The molecule has 3 aromatic rings. The molecule has 0 radical (unpaired) electrons. The van der Waals surface area contributed by atoms with Gasteiger partial charge in [0.25, 0.3) is 0 Å². The van der Waals surface area contributed by atoms with Gasteiger partial charge in [0.15, 0.2) is 16.3 Å². The molecule has 0 spiro atoms. The number of fused-ring (bicyclic) bond motifs is 1. The van der Waals surface area contributed by atoms with Crippen molar-refractivity contribution in [3.63, 3.8) is 0 Å². The van der Waals surface area contributed by atoms with E-state index in [0.29, 0.717) is 35.9 Å². The van der Waals surface area contributed by atoms with Crippen LogP contribution in [0.5, 0.6) is 17.2 Å². The predicted molar refractivity (Wildman–Crippen MR) is 128 cm³/mol. The van der Waals surface area contributed by atoms with E-state index < -0.39 is 0 Å². The van der Waals surface area contributed by atoms with Crippen molar-refractivity contribution in [3.8, 4) is 17.2 Å². The zero-order chi connectivity index (χ0) is 22.9. The van der Waals surface area contributed by atoms with Crippen LogP contribution in [0.15, 0.2) is 46.3 Å². The predicted octanol–water partition coefficient (Wildman–Crippen LogP) is 4.37. The number of ether oxygens (including phenoxy) is 4. The van der Waals surface area contributed by atoms with Gasteiger partial charge in [0.2, 0.25) is 5.91 Å². The molecule has 172 valence electrons. The normalized spacial score (nSPS) is 11.7. The number of aromatic nitrogens is 1. The van der Waals surface area contributed by atoms with Crippen molar-refractivity contribution in [2.24, 2.45) is 4.99 Å². The van der Waals surface area contributed by atoms with Crippen LogP contribution >= 0.6 is 23.1 Å². The van der Waals surface area contributed by atoms with Crippen LogP contribution in [-0.2, 0) is 16.1 Å². The monoisotopic (exact) mass is 476 g/mol. The van der Waals surface area contributed by atoms with Gasteiger partial charge in [-0.25, -0.2) is 0 Å². The van der Waals surface area contributed by atoms with Crippen molar-refractivity contribution >= 4 is 39.2 Å². The van der Waals surface area contributed by atoms with E-state index in [4.69, 9.17) is 18.9 Å². The van der Waals surface area contributed by atoms with Gasteiger partial charge in [-0.15, -0.1) is 11.8 Å². The van der Waals surface area contributed by atoms with E-state index in [1.54, 1.807) is 40.2 Å². The second-order valence-electron chi connectivity index (χ2n) is 6.84. The van der Waals surface area contributed by atoms with E-state index in [1.807, 2.05) is 41.0 Å². The van der Waals surface area contributed by atoms with E-state index in [9.17, 15) is 4.79 Å². The summed E-state index contributed by atoms with van der Waals surface area (Å²) in [4.78, 5) is 18.8. The minimum absolute atomic E-state index is 0.128. The summed E-state index contributed by atoms with van der Waals surface area (Å²) in [6, 6.07) is 11.7. The Morgan fingerprint density at radius 1 is 1.03 bits per heavy atom. The number of carbonyl (C=O) groups excluding carboxylic acids is 1. The van der Waals surface area contributed by atoms with Crippen LogP contribution in [0.2, 0.25) is 0 Å². The quantitative estimate of drug-likeness (QED) is 0.302. The van der Waals surface area contributed by atoms with Crippen LogP contribution in [0, 0.1) is 0 Å². The maximum atomic E-state index is 12.6. The molecule has 7 nitrogen and oxygen atoms in total. The minimum Gasteiger partial charge on any atom is -0.497 e. The van der Waals surface area contributed by atoms with Crippen molar-refractivity contribution < 1.29 is 23.7 Å². The summed E-state index contributed by atoms with van der Waals surface area (Å²) in [5.74, 6) is 2.84. The summed E-state index contributed by atoms with van der Waals surface area (Å²) < 4.78 is 24.2. The number of carbonyl (C=O) groups is 1. The zero-order valence-corrected chi connectivity index (χ0v) is 20.4. The Bertz CT molecular complexity index is 1110. The molecule has 0 aliphatic rings. The third kappa shape index (κ3) is 6.05. The average molecular weight is 477 g/mol. The number of methoxy groups -OCH3 is 4. The van der Waals surface area contributed by atoms with Gasteiger partial charge in [0.05, 0.1) is 38.2 Å². The van der Waals surface area contributed by atoms with Gasteiger partial charge in [-0.2, -0.15) is 4.99 Å². The zero-order valence-electron chi connectivity index (χ0n) is 18.8. The maximum absolute atomic E-state index is 12.6. The smallest absolute Gasteiger partial charge is 0.248 e.